The van der Waals surface area contributed by atoms with Gasteiger partial charge in [0.2, 0.25) is 0 Å². The van der Waals surface area contributed by atoms with Crippen LogP contribution in [0.25, 0.3) is 0 Å². The topological polar surface area (TPSA) is 45.2 Å². The number of benzene rings is 1. The van der Waals surface area contributed by atoms with E-state index in [1.54, 1.807) is 17.4 Å². The Labute approximate surface area is 138 Å². The molecule has 2 unspecified atom stereocenters. The molecular weight excluding hydrogens is 348 g/mol. The number of phenols is 1. The molecule has 5 heteroatoms. The summed E-state index contributed by atoms with van der Waals surface area (Å²) in [4.78, 5) is 5.79. The maximum Gasteiger partial charge on any atom is 0.120 e. The molecule has 0 radical (unpaired) electrons. The second-order valence-corrected chi connectivity index (χ2v) is 7.13. The summed E-state index contributed by atoms with van der Waals surface area (Å²) in [5, 5.41) is 14.8. The summed E-state index contributed by atoms with van der Waals surface area (Å²) in [7, 11) is 0. The smallest absolute Gasteiger partial charge is 0.120 e. The molecule has 2 N–H and O–H groups in total. The summed E-state index contributed by atoms with van der Waals surface area (Å²) in [6, 6.07) is 5.82. The molecule has 0 bridgehead atoms. The molecule has 1 aromatic heterocycles. The number of rotatable bonds is 6. The number of aryl methyl sites for hydroxylation is 1. The molecule has 114 valence electrons. The van der Waals surface area contributed by atoms with Crippen molar-refractivity contribution in [2.24, 2.45) is 0 Å². The third kappa shape index (κ3) is 4.05. The second kappa shape index (κ2) is 7.38. The first-order valence-corrected chi connectivity index (χ1v) is 8.85. The van der Waals surface area contributed by atoms with E-state index >= 15 is 0 Å². The fraction of sp³-hybridized carbons (Fsp3) is 0.438. The molecule has 0 fully saturated rings. The first-order valence-electron chi connectivity index (χ1n) is 7.24. The number of phenolic OH excluding ortho intramolecular Hbond substituents is 1. The van der Waals surface area contributed by atoms with Gasteiger partial charge in [0.1, 0.15) is 10.8 Å². The lowest BCUT2D eigenvalue weighted by Crippen LogP contribution is -2.24. The van der Waals surface area contributed by atoms with Gasteiger partial charge >= 0.3 is 0 Å². The van der Waals surface area contributed by atoms with Crippen LogP contribution in [0.2, 0.25) is 0 Å². The average molecular weight is 369 g/mol. The Kier molecular flexibility index (Phi) is 5.79. The van der Waals surface area contributed by atoms with Crippen molar-refractivity contribution in [3.8, 4) is 5.75 Å². The van der Waals surface area contributed by atoms with Gasteiger partial charge in [-0.25, -0.2) is 4.98 Å². The Bertz CT molecular complexity index is 600. The Balaban J connectivity index is 2.16. The molecular formula is C16H21BrN2OS. The van der Waals surface area contributed by atoms with Crippen LogP contribution in [0.15, 0.2) is 28.9 Å². The van der Waals surface area contributed by atoms with Crippen molar-refractivity contribution in [3.05, 3.63) is 44.3 Å². The summed E-state index contributed by atoms with van der Waals surface area (Å²) in [5.41, 5.74) is 0.922. The Morgan fingerprint density at radius 3 is 2.76 bits per heavy atom. The van der Waals surface area contributed by atoms with Crippen molar-refractivity contribution in [2.75, 3.05) is 0 Å². The molecule has 0 aliphatic carbocycles. The molecule has 1 heterocycles. The summed E-state index contributed by atoms with van der Waals surface area (Å²) in [5.74, 6) is 0.332. The molecule has 2 aromatic rings. The van der Waals surface area contributed by atoms with E-state index < -0.39 is 0 Å². The summed E-state index contributed by atoms with van der Waals surface area (Å²) in [6.07, 6.45) is 3.88. The highest BCUT2D eigenvalue weighted by Gasteiger charge is 2.18. The monoisotopic (exact) mass is 368 g/mol. The van der Waals surface area contributed by atoms with E-state index in [1.165, 1.54) is 4.88 Å². The van der Waals surface area contributed by atoms with Crippen molar-refractivity contribution in [3.63, 3.8) is 0 Å². The van der Waals surface area contributed by atoms with Gasteiger partial charge in [0.05, 0.1) is 6.04 Å². The van der Waals surface area contributed by atoms with E-state index in [0.717, 1.165) is 27.9 Å². The lowest BCUT2D eigenvalue weighted by atomic mass is 10.0. The fourth-order valence-electron chi connectivity index (χ4n) is 2.29. The van der Waals surface area contributed by atoms with Gasteiger partial charge in [-0.2, -0.15) is 0 Å². The summed E-state index contributed by atoms with van der Waals surface area (Å²) >= 11 is 5.22. The highest BCUT2D eigenvalue weighted by Crippen LogP contribution is 2.31. The minimum absolute atomic E-state index is 0.103. The van der Waals surface area contributed by atoms with Crippen molar-refractivity contribution in [2.45, 2.75) is 45.7 Å². The van der Waals surface area contributed by atoms with Crippen LogP contribution in [-0.2, 0) is 6.42 Å². The van der Waals surface area contributed by atoms with Crippen LogP contribution >= 0.6 is 27.3 Å². The van der Waals surface area contributed by atoms with E-state index in [0.29, 0.717) is 5.75 Å². The van der Waals surface area contributed by atoms with Gasteiger partial charge in [0.15, 0.2) is 0 Å². The van der Waals surface area contributed by atoms with Gasteiger partial charge < -0.3 is 10.4 Å². The predicted octanol–water partition coefficient (Wildman–Crippen LogP) is 4.98. The van der Waals surface area contributed by atoms with E-state index in [2.05, 4.69) is 47.0 Å². The number of nitrogens with one attached hydrogen (secondary N) is 1. The van der Waals surface area contributed by atoms with E-state index in [1.807, 2.05) is 18.3 Å². The molecule has 0 saturated carbocycles. The summed E-state index contributed by atoms with van der Waals surface area (Å²) < 4.78 is 0.978. The molecule has 0 aliphatic rings. The first-order chi connectivity index (χ1) is 10.0. The van der Waals surface area contributed by atoms with Gasteiger partial charge in [0.25, 0.3) is 0 Å². The zero-order chi connectivity index (χ0) is 15.4. The predicted molar refractivity (Wildman–Crippen MR) is 91.9 cm³/mol. The molecule has 2 atom stereocenters. The second-order valence-electron chi connectivity index (χ2n) is 5.07. The number of aromatic nitrogens is 1. The van der Waals surface area contributed by atoms with Crippen molar-refractivity contribution < 1.29 is 5.11 Å². The zero-order valence-corrected chi connectivity index (χ0v) is 15.0. The van der Waals surface area contributed by atoms with Crippen LogP contribution in [0.4, 0.5) is 0 Å². The highest BCUT2D eigenvalue weighted by atomic mass is 79.9. The summed E-state index contributed by atoms with van der Waals surface area (Å²) in [6.45, 7) is 6.38. The first kappa shape index (κ1) is 16.5. The van der Waals surface area contributed by atoms with E-state index in [-0.39, 0.29) is 12.1 Å². The minimum Gasteiger partial charge on any atom is -0.508 e. The van der Waals surface area contributed by atoms with Crippen molar-refractivity contribution >= 4 is 27.3 Å². The van der Waals surface area contributed by atoms with E-state index in [4.69, 9.17) is 0 Å². The molecule has 21 heavy (non-hydrogen) atoms. The molecule has 0 aliphatic heterocycles. The lowest BCUT2D eigenvalue weighted by Gasteiger charge is -2.22. The Hall–Kier alpha value is -0.910. The van der Waals surface area contributed by atoms with Gasteiger partial charge in [-0.3, -0.25) is 0 Å². The SMILES string of the molecule is CCc1cnc(C(C)NC(CC)c2cc(Br)ccc2O)s1. The fourth-order valence-corrected chi connectivity index (χ4v) is 3.54. The van der Waals surface area contributed by atoms with Crippen LogP contribution in [0, 0.1) is 0 Å². The maximum atomic E-state index is 10.1. The maximum absolute atomic E-state index is 10.1. The van der Waals surface area contributed by atoms with Gasteiger partial charge in [-0.05, 0) is 38.0 Å². The third-order valence-electron chi connectivity index (χ3n) is 3.51. The normalized spacial score (nSPS) is 14.1. The molecule has 0 saturated heterocycles. The molecule has 2 rings (SSSR count). The Morgan fingerprint density at radius 1 is 1.38 bits per heavy atom. The van der Waals surface area contributed by atoms with E-state index in [9.17, 15) is 5.11 Å². The quantitative estimate of drug-likeness (QED) is 0.755. The van der Waals surface area contributed by atoms with Crippen molar-refractivity contribution in [1.82, 2.24) is 10.3 Å². The number of halogens is 1. The minimum atomic E-state index is 0.103. The number of hydrogen-bond acceptors (Lipinski definition) is 4. The molecule has 0 amide bonds. The number of nitrogens with zero attached hydrogens (tertiary/aromatic N) is 1. The average Bonchev–Trinajstić information content (AvgIpc) is 2.96. The Morgan fingerprint density at radius 2 is 2.14 bits per heavy atom. The van der Waals surface area contributed by atoms with Gasteiger partial charge in [-0.15, -0.1) is 11.3 Å². The largest absolute Gasteiger partial charge is 0.508 e. The van der Waals surface area contributed by atoms with Crippen LogP contribution in [-0.4, -0.2) is 10.1 Å². The lowest BCUT2D eigenvalue weighted by molar-refractivity contribution is 0.418. The van der Waals surface area contributed by atoms with Crippen LogP contribution in [0.5, 0.6) is 5.75 Å². The van der Waals surface area contributed by atoms with Gasteiger partial charge in [0, 0.05) is 27.2 Å². The highest BCUT2D eigenvalue weighted by molar-refractivity contribution is 9.10. The molecule has 3 nitrogen and oxygen atoms in total. The number of thiazole rings is 1. The molecule has 1 aromatic carbocycles. The standard InChI is InChI=1S/C16H21BrN2OS/c1-4-12-9-18-16(21-12)10(3)19-14(5-2)13-8-11(17)6-7-15(13)20/h6-10,14,19-20H,4-5H2,1-3H3. The van der Waals surface area contributed by atoms with Crippen LogP contribution < -0.4 is 5.32 Å². The third-order valence-corrected chi connectivity index (χ3v) is 5.33. The number of hydrogen-bond donors (Lipinski definition) is 2. The van der Waals surface area contributed by atoms with Crippen LogP contribution in [0.3, 0.4) is 0 Å². The number of aromatic hydroxyl groups is 1. The zero-order valence-electron chi connectivity index (χ0n) is 12.6. The van der Waals surface area contributed by atoms with Gasteiger partial charge in [-0.1, -0.05) is 29.8 Å². The van der Waals surface area contributed by atoms with Crippen molar-refractivity contribution in [1.29, 1.82) is 0 Å². The van der Waals surface area contributed by atoms with Crippen LogP contribution in [0.1, 0.15) is 54.7 Å². The molecule has 0 spiro atoms.